The quantitative estimate of drug-likeness (QED) is 0.214. The predicted molar refractivity (Wildman–Crippen MR) is 166 cm³/mol. The molecule has 2 heterocycles. The van der Waals surface area contributed by atoms with Gasteiger partial charge in [0.25, 0.3) is 0 Å². The minimum Gasteiger partial charge on any atom is -0.507 e. The maximum atomic E-state index is 14.5. The summed E-state index contributed by atoms with van der Waals surface area (Å²) in [6, 6.07) is 7.33. The molecule has 1 saturated carbocycles. The number of anilines is 1. The van der Waals surface area contributed by atoms with Crippen LogP contribution in [0.15, 0.2) is 42.0 Å². The average Bonchev–Trinajstić information content (AvgIpc) is 3.36. The summed E-state index contributed by atoms with van der Waals surface area (Å²) < 4.78 is 14.1. The summed E-state index contributed by atoms with van der Waals surface area (Å²) in [6.07, 6.45) is 3.98. The highest BCUT2D eigenvalue weighted by Gasteiger charge is 2.67. The fraction of sp³-hybridized carbons (Fsp3) is 0.457. The van der Waals surface area contributed by atoms with Crippen LogP contribution in [0, 0.1) is 48.8 Å². The maximum Gasteiger partial charge on any atom is 0.303 e. The minimum absolute atomic E-state index is 0.0220. The number of hydrogen-bond donors (Lipinski definition) is 2. The number of aryl methyl sites for hydroxylation is 2. The molecule has 9 nitrogen and oxygen atoms in total. The standard InChI is InChI=1S/C35H36ClFN2O7/c1-17-13-19(14-18(2)30(17)42)29-21-9-10-22-28(33(45)38(31(22)43)12-6-4-5-7-27(40)41)23(21)16-24-32(44)39(34(46)35(24,29)3)20-8-11-26(37)25(36)15-20/h8-9,11,13-15,22-24,28-29,42H,4-7,10,12,16H2,1-3H3,(H,40,41). The number of nitrogens with zero attached hydrogens (tertiary/aromatic N) is 2. The number of imide groups is 2. The Kier molecular flexibility index (Phi) is 8.07. The molecule has 0 radical (unpaired) electrons. The first kappa shape index (κ1) is 31.9. The van der Waals surface area contributed by atoms with Crippen molar-refractivity contribution in [2.24, 2.45) is 29.1 Å². The zero-order valence-corrected chi connectivity index (χ0v) is 26.6. The summed E-state index contributed by atoms with van der Waals surface area (Å²) in [7, 11) is 0. The van der Waals surface area contributed by atoms with Crippen molar-refractivity contribution in [3.63, 3.8) is 0 Å². The first-order chi connectivity index (χ1) is 21.8. The van der Waals surface area contributed by atoms with Gasteiger partial charge in [0.2, 0.25) is 23.6 Å². The molecule has 6 unspecified atom stereocenters. The van der Waals surface area contributed by atoms with Gasteiger partial charge in [-0.25, -0.2) is 9.29 Å². The van der Waals surface area contributed by atoms with E-state index in [1.54, 1.807) is 20.8 Å². The number of carboxylic acid groups (broad SMARTS) is 1. The molecule has 4 amide bonds. The molecule has 0 bridgehead atoms. The van der Waals surface area contributed by atoms with Gasteiger partial charge in [-0.3, -0.25) is 28.9 Å². The third kappa shape index (κ3) is 4.84. The Morgan fingerprint density at radius 1 is 1.00 bits per heavy atom. The van der Waals surface area contributed by atoms with E-state index in [0.717, 1.165) is 22.1 Å². The summed E-state index contributed by atoms with van der Waals surface area (Å²) in [5.74, 6) is -6.21. The number of aliphatic carboxylic acids is 1. The monoisotopic (exact) mass is 650 g/mol. The zero-order valence-electron chi connectivity index (χ0n) is 25.9. The number of allylic oxidation sites excluding steroid dienone is 2. The Bertz CT molecular complexity index is 1700. The first-order valence-corrected chi connectivity index (χ1v) is 16.1. The molecule has 2 aliphatic heterocycles. The predicted octanol–water partition coefficient (Wildman–Crippen LogP) is 5.68. The summed E-state index contributed by atoms with van der Waals surface area (Å²) >= 11 is 6.06. The molecule has 11 heteroatoms. The highest BCUT2D eigenvalue weighted by molar-refractivity contribution is 6.31. The lowest BCUT2D eigenvalue weighted by Gasteiger charge is -2.49. The second kappa shape index (κ2) is 11.6. The molecule has 2 aromatic rings. The zero-order chi connectivity index (χ0) is 33.2. The summed E-state index contributed by atoms with van der Waals surface area (Å²) in [4.78, 5) is 69.5. The lowest BCUT2D eigenvalue weighted by molar-refractivity contribution is -0.141. The molecule has 0 spiro atoms. The molecule has 2 aliphatic carbocycles. The minimum atomic E-state index is -1.28. The van der Waals surface area contributed by atoms with Crippen LogP contribution in [-0.4, -0.2) is 51.3 Å². The van der Waals surface area contributed by atoms with Crippen LogP contribution in [0.5, 0.6) is 5.75 Å². The van der Waals surface area contributed by atoms with Crippen molar-refractivity contribution in [2.45, 2.75) is 65.2 Å². The van der Waals surface area contributed by atoms with Crippen LogP contribution < -0.4 is 4.90 Å². The number of carbonyl (C=O) groups is 5. The van der Waals surface area contributed by atoms with Gasteiger partial charge in [0.05, 0.1) is 33.9 Å². The fourth-order valence-corrected chi connectivity index (χ4v) is 8.61. The third-order valence-electron chi connectivity index (χ3n) is 10.6. The Morgan fingerprint density at radius 2 is 1.70 bits per heavy atom. The molecule has 2 aromatic carbocycles. The van der Waals surface area contributed by atoms with Gasteiger partial charge in [-0.05, 0) is 87.3 Å². The van der Waals surface area contributed by atoms with E-state index in [0.29, 0.717) is 36.8 Å². The van der Waals surface area contributed by atoms with E-state index >= 15 is 0 Å². The fourth-order valence-electron chi connectivity index (χ4n) is 8.43. The topological polar surface area (TPSA) is 132 Å². The van der Waals surface area contributed by atoms with Crippen LogP contribution in [0.25, 0.3) is 0 Å². The van der Waals surface area contributed by atoms with Crippen molar-refractivity contribution < 1.29 is 38.6 Å². The number of hydrogen-bond acceptors (Lipinski definition) is 6. The number of halogens is 2. The van der Waals surface area contributed by atoms with Gasteiger partial charge < -0.3 is 10.2 Å². The number of aromatic hydroxyl groups is 1. The summed E-state index contributed by atoms with van der Waals surface area (Å²) in [5, 5.41) is 19.3. The smallest absolute Gasteiger partial charge is 0.303 e. The average molecular weight is 651 g/mol. The Labute approximate surface area is 271 Å². The van der Waals surface area contributed by atoms with Crippen LogP contribution in [0.4, 0.5) is 10.1 Å². The SMILES string of the molecule is Cc1cc(C2C3=CCC4C(=O)N(CCCCCC(=O)O)C(=O)C4C3CC3C(=O)N(c4ccc(F)c(Cl)c4)C(=O)C32C)cc(C)c1O. The van der Waals surface area contributed by atoms with Crippen LogP contribution in [0.3, 0.4) is 0 Å². The number of benzene rings is 2. The summed E-state index contributed by atoms with van der Waals surface area (Å²) in [5.41, 5.74) is 1.64. The molecule has 3 fully saturated rings. The van der Waals surface area contributed by atoms with Gasteiger partial charge in [0, 0.05) is 18.9 Å². The van der Waals surface area contributed by atoms with Crippen LogP contribution in [0.1, 0.15) is 68.1 Å². The number of phenolic OH excluding ortho intramolecular Hbond substituents is 1. The van der Waals surface area contributed by atoms with E-state index < -0.39 is 58.6 Å². The highest BCUT2D eigenvalue weighted by atomic mass is 35.5. The number of carbonyl (C=O) groups excluding carboxylic acids is 4. The van der Waals surface area contributed by atoms with Crippen molar-refractivity contribution in [2.75, 3.05) is 11.4 Å². The van der Waals surface area contributed by atoms with Gasteiger partial charge in [0.15, 0.2) is 0 Å². The highest BCUT2D eigenvalue weighted by Crippen LogP contribution is 2.63. The molecule has 2 N–H and O–H groups in total. The Morgan fingerprint density at radius 3 is 2.35 bits per heavy atom. The largest absolute Gasteiger partial charge is 0.507 e. The first-order valence-electron chi connectivity index (χ1n) is 15.7. The maximum absolute atomic E-state index is 14.5. The number of unbranched alkanes of at least 4 members (excludes halogenated alkanes) is 2. The van der Waals surface area contributed by atoms with E-state index in [2.05, 4.69) is 0 Å². The van der Waals surface area contributed by atoms with Crippen LogP contribution >= 0.6 is 11.6 Å². The van der Waals surface area contributed by atoms with Crippen LogP contribution in [-0.2, 0) is 24.0 Å². The molecule has 0 aromatic heterocycles. The van der Waals surface area contributed by atoms with E-state index in [1.807, 2.05) is 18.2 Å². The molecule has 242 valence electrons. The second-order valence-electron chi connectivity index (χ2n) is 13.3. The normalized spacial score (nSPS) is 28.7. The number of amides is 4. The van der Waals surface area contributed by atoms with Crippen molar-refractivity contribution in [1.29, 1.82) is 0 Å². The molecular formula is C35H36ClFN2O7. The van der Waals surface area contributed by atoms with Crippen molar-refractivity contribution in [3.05, 3.63) is 69.5 Å². The number of rotatable bonds is 8. The Hall–Kier alpha value is -4.05. The van der Waals surface area contributed by atoms with E-state index in [1.165, 1.54) is 17.0 Å². The molecular weight excluding hydrogens is 615 g/mol. The van der Waals surface area contributed by atoms with E-state index in [4.69, 9.17) is 16.7 Å². The van der Waals surface area contributed by atoms with Crippen molar-refractivity contribution in [1.82, 2.24) is 4.90 Å². The van der Waals surface area contributed by atoms with Crippen molar-refractivity contribution in [3.8, 4) is 5.75 Å². The van der Waals surface area contributed by atoms with E-state index in [-0.39, 0.29) is 47.7 Å². The van der Waals surface area contributed by atoms with Crippen molar-refractivity contribution >= 4 is 46.9 Å². The summed E-state index contributed by atoms with van der Waals surface area (Å²) in [6.45, 7) is 5.49. The van der Waals surface area contributed by atoms with Gasteiger partial charge >= 0.3 is 5.97 Å². The van der Waals surface area contributed by atoms with E-state index in [9.17, 15) is 33.5 Å². The number of phenols is 1. The van der Waals surface area contributed by atoms with Crippen LogP contribution in [0.2, 0.25) is 5.02 Å². The van der Waals surface area contributed by atoms with Gasteiger partial charge in [-0.15, -0.1) is 0 Å². The lowest BCUT2D eigenvalue weighted by Crippen LogP contribution is -2.49. The number of fused-ring (bicyclic) bond motifs is 4. The number of carboxylic acids is 1. The van der Waals surface area contributed by atoms with Gasteiger partial charge in [0.1, 0.15) is 11.6 Å². The molecule has 2 saturated heterocycles. The number of likely N-dealkylation sites (tertiary alicyclic amines) is 1. The Balaban J connectivity index is 1.41. The third-order valence-corrected chi connectivity index (χ3v) is 10.9. The molecule has 46 heavy (non-hydrogen) atoms. The van der Waals surface area contributed by atoms with Gasteiger partial charge in [-0.2, -0.15) is 0 Å². The van der Waals surface area contributed by atoms with Gasteiger partial charge in [-0.1, -0.05) is 41.8 Å². The molecule has 6 atom stereocenters. The molecule has 4 aliphatic rings. The lowest BCUT2D eigenvalue weighted by atomic mass is 9.51. The second-order valence-corrected chi connectivity index (χ2v) is 13.7. The molecule has 6 rings (SSSR count).